The van der Waals surface area contributed by atoms with Gasteiger partial charge in [0.15, 0.2) is 0 Å². The van der Waals surface area contributed by atoms with E-state index in [1.54, 1.807) is 12.1 Å². The van der Waals surface area contributed by atoms with Crippen LogP contribution >= 0.6 is 0 Å². The fourth-order valence-corrected chi connectivity index (χ4v) is 6.37. The first kappa shape index (κ1) is 22.5. The van der Waals surface area contributed by atoms with Gasteiger partial charge in [-0.15, -0.1) is 0 Å². The third kappa shape index (κ3) is 3.68. The summed E-state index contributed by atoms with van der Waals surface area (Å²) in [4.78, 5) is 24.6. The van der Waals surface area contributed by atoms with Gasteiger partial charge in [0.1, 0.15) is 5.82 Å². The summed E-state index contributed by atoms with van der Waals surface area (Å²) in [5.74, 6) is -1.23. The van der Waals surface area contributed by atoms with Crippen LogP contribution in [-0.4, -0.2) is 27.1 Å². The molecule has 2 N–H and O–H groups in total. The van der Waals surface area contributed by atoms with Gasteiger partial charge in [0.05, 0.1) is 17.5 Å². The van der Waals surface area contributed by atoms with Gasteiger partial charge in [0.2, 0.25) is 0 Å². The number of carbonyl (C=O) groups is 2. The highest BCUT2D eigenvalue weighted by atomic mass is 19.1. The largest absolute Gasteiger partial charge is 0.481 e. The molecule has 0 spiro atoms. The van der Waals surface area contributed by atoms with E-state index in [-0.39, 0.29) is 35.0 Å². The van der Waals surface area contributed by atoms with Gasteiger partial charge in [-0.1, -0.05) is 61.5 Å². The molecule has 182 valence electrons. The van der Waals surface area contributed by atoms with Gasteiger partial charge < -0.3 is 15.0 Å². The Balaban J connectivity index is 1.25. The Kier molecular flexibility index (Phi) is 5.04. The van der Waals surface area contributed by atoms with E-state index < -0.39 is 5.97 Å². The van der Waals surface area contributed by atoms with E-state index in [1.165, 1.54) is 6.07 Å². The Labute approximate surface area is 208 Å². The van der Waals surface area contributed by atoms with Crippen LogP contribution in [0.5, 0.6) is 0 Å². The van der Waals surface area contributed by atoms with Crippen molar-refractivity contribution in [2.45, 2.75) is 38.3 Å². The summed E-state index contributed by atoms with van der Waals surface area (Å²) in [5, 5.41) is 12.8. The van der Waals surface area contributed by atoms with Gasteiger partial charge in [0.25, 0.3) is 5.91 Å². The number of halogens is 1. The number of rotatable bonds is 7. The normalized spacial score (nSPS) is 24.1. The summed E-state index contributed by atoms with van der Waals surface area (Å²) < 4.78 is 16.6. The molecule has 6 rings (SSSR count). The van der Waals surface area contributed by atoms with Crippen LogP contribution in [0, 0.1) is 17.2 Å². The fraction of sp³-hybridized carbons (Fsp3) is 0.267. The first-order valence-electron chi connectivity index (χ1n) is 12.2. The summed E-state index contributed by atoms with van der Waals surface area (Å²) in [7, 11) is 0. The quantitative estimate of drug-likeness (QED) is 0.346. The van der Waals surface area contributed by atoms with Crippen LogP contribution in [0.15, 0.2) is 79.0 Å². The van der Waals surface area contributed by atoms with Crippen LogP contribution in [0.4, 0.5) is 4.39 Å². The molecular weight excluding hydrogens is 455 g/mol. The molecule has 2 aliphatic rings. The average Bonchev–Trinajstić information content (AvgIpc) is 3.27. The predicted molar refractivity (Wildman–Crippen MR) is 136 cm³/mol. The maximum atomic E-state index is 14.7. The molecule has 2 aliphatic carbocycles. The topological polar surface area (TPSA) is 71.3 Å². The molecule has 2 fully saturated rings. The zero-order chi connectivity index (χ0) is 25.1. The van der Waals surface area contributed by atoms with Crippen LogP contribution < -0.4 is 5.32 Å². The van der Waals surface area contributed by atoms with Gasteiger partial charge >= 0.3 is 5.97 Å². The highest BCUT2D eigenvalue weighted by Crippen LogP contribution is 2.71. The smallest absolute Gasteiger partial charge is 0.303 e. The molecule has 1 heterocycles. The minimum Gasteiger partial charge on any atom is -0.481 e. The summed E-state index contributed by atoms with van der Waals surface area (Å²) in [6.45, 7) is 2.49. The molecule has 5 nitrogen and oxygen atoms in total. The molecule has 0 saturated heterocycles. The summed E-state index contributed by atoms with van der Waals surface area (Å²) in [6.07, 6.45) is 3.38. The number of aromatic nitrogens is 1. The van der Waals surface area contributed by atoms with E-state index in [4.69, 9.17) is 0 Å². The Bertz CT molecular complexity index is 1490. The monoisotopic (exact) mass is 482 g/mol. The van der Waals surface area contributed by atoms with Crippen molar-refractivity contribution in [1.82, 2.24) is 9.88 Å². The van der Waals surface area contributed by atoms with Gasteiger partial charge in [-0.3, -0.25) is 9.59 Å². The lowest BCUT2D eigenvalue weighted by Gasteiger charge is -2.44. The van der Waals surface area contributed by atoms with E-state index in [0.29, 0.717) is 29.4 Å². The number of nitrogens with zero attached hydrogens (tertiary/aromatic N) is 1. The maximum absolute atomic E-state index is 14.7. The first-order valence-corrected chi connectivity index (χ1v) is 12.2. The lowest BCUT2D eigenvalue weighted by Crippen LogP contribution is -2.52. The van der Waals surface area contributed by atoms with Crippen LogP contribution in [0.1, 0.15) is 42.1 Å². The number of hydrogen-bond acceptors (Lipinski definition) is 2. The van der Waals surface area contributed by atoms with Crippen LogP contribution in [-0.2, 0) is 11.3 Å². The van der Waals surface area contributed by atoms with Crippen molar-refractivity contribution in [2.75, 3.05) is 0 Å². The van der Waals surface area contributed by atoms with E-state index in [2.05, 4.69) is 41.7 Å². The number of carboxylic acids is 1. The Hall–Kier alpha value is -3.93. The second-order valence-electron chi connectivity index (χ2n) is 10.6. The van der Waals surface area contributed by atoms with Crippen LogP contribution in [0.2, 0.25) is 0 Å². The van der Waals surface area contributed by atoms with Crippen molar-refractivity contribution in [2.24, 2.45) is 11.3 Å². The van der Waals surface area contributed by atoms with Gasteiger partial charge in [-0.2, -0.15) is 0 Å². The van der Waals surface area contributed by atoms with E-state index in [0.717, 1.165) is 23.1 Å². The van der Waals surface area contributed by atoms with Crippen molar-refractivity contribution in [3.05, 3.63) is 95.9 Å². The lowest BCUT2D eigenvalue weighted by molar-refractivity contribution is -0.141. The molecule has 36 heavy (non-hydrogen) atoms. The Morgan fingerprint density at radius 2 is 1.75 bits per heavy atom. The maximum Gasteiger partial charge on any atom is 0.303 e. The van der Waals surface area contributed by atoms with Gasteiger partial charge in [0, 0.05) is 23.7 Å². The molecule has 1 aromatic heterocycles. The molecule has 0 radical (unpaired) electrons. The summed E-state index contributed by atoms with van der Waals surface area (Å²) >= 11 is 0. The van der Waals surface area contributed by atoms with Crippen LogP contribution in [0.3, 0.4) is 0 Å². The molecular formula is C30H27FN2O3. The second-order valence-corrected chi connectivity index (χ2v) is 10.6. The third-order valence-electron chi connectivity index (χ3n) is 8.08. The first-order chi connectivity index (χ1) is 17.3. The highest BCUT2D eigenvalue weighted by molar-refractivity contribution is 6.06. The number of benzene rings is 3. The minimum absolute atomic E-state index is 0.113. The van der Waals surface area contributed by atoms with Crippen molar-refractivity contribution in [3.8, 4) is 11.1 Å². The molecule has 0 bridgehead atoms. The number of aliphatic carboxylic acids is 1. The van der Waals surface area contributed by atoms with Crippen molar-refractivity contribution in [3.63, 3.8) is 0 Å². The van der Waals surface area contributed by atoms with Gasteiger partial charge in [-0.25, -0.2) is 4.39 Å². The second kappa shape index (κ2) is 8.05. The lowest BCUT2D eigenvalue weighted by atomic mass is 9.65. The highest BCUT2D eigenvalue weighted by Gasteiger charge is 2.73. The molecule has 1 unspecified atom stereocenters. The van der Waals surface area contributed by atoms with Crippen molar-refractivity contribution < 1.29 is 19.1 Å². The number of carbonyl (C=O) groups excluding carboxylic acids is 1. The number of amides is 1. The van der Waals surface area contributed by atoms with Crippen LogP contribution in [0.25, 0.3) is 22.0 Å². The molecule has 2 saturated carbocycles. The van der Waals surface area contributed by atoms with Crippen molar-refractivity contribution >= 4 is 22.8 Å². The van der Waals surface area contributed by atoms with E-state index in [9.17, 15) is 19.1 Å². The van der Waals surface area contributed by atoms with Gasteiger partial charge in [-0.05, 0) is 59.1 Å². The zero-order valence-corrected chi connectivity index (χ0v) is 20.0. The molecule has 3 aromatic carbocycles. The average molecular weight is 483 g/mol. The SMILES string of the molecule is C[C@@]1(CC(=O)O)CC2(NC(=O)c3ccc(F)c4ccn(Cc5ccc(-c6ccccc6)cc5)c34)C[C@@H]21. The Morgan fingerprint density at radius 1 is 1.03 bits per heavy atom. The fourth-order valence-electron chi connectivity index (χ4n) is 6.37. The molecule has 1 amide bonds. The van der Waals surface area contributed by atoms with Crippen molar-refractivity contribution in [1.29, 1.82) is 0 Å². The van der Waals surface area contributed by atoms with E-state index in [1.807, 2.05) is 35.9 Å². The summed E-state index contributed by atoms with van der Waals surface area (Å²) in [5.41, 5.74) is 3.72. The van der Waals surface area contributed by atoms with E-state index >= 15 is 0 Å². The number of nitrogens with one attached hydrogen (secondary N) is 1. The molecule has 6 heteroatoms. The Morgan fingerprint density at radius 3 is 2.44 bits per heavy atom. The third-order valence-corrected chi connectivity index (χ3v) is 8.08. The number of carboxylic acid groups (broad SMARTS) is 1. The predicted octanol–water partition coefficient (Wildman–Crippen LogP) is 5.87. The standard InChI is InChI=1S/C30H27FN2O3/c1-29(16-26(34)35)18-30(15-25(29)30)32-28(36)23-11-12-24(31)22-13-14-33(27(22)23)17-19-7-9-21(10-8-19)20-5-3-2-4-6-20/h2-14,25H,15-18H2,1H3,(H,32,36)(H,34,35)/t25-,29-,30?/m1/s1. The number of hydrogen-bond donors (Lipinski definition) is 2. The molecule has 3 atom stereocenters. The molecule has 4 aromatic rings. The summed E-state index contributed by atoms with van der Waals surface area (Å²) in [6, 6.07) is 23.0. The molecule has 0 aliphatic heterocycles. The minimum atomic E-state index is -0.806. The number of fused-ring (bicyclic) bond motifs is 2. The zero-order valence-electron chi connectivity index (χ0n) is 20.0.